The van der Waals surface area contributed by atoms with Crippen molar-refractivity contribution in [3.05, 3.63) is 82.4 Å². The molecule has 6 heteroatoms. The van der Waals surface area contributed by atoms with E-state index in [1.807, 2.05) is 42.6 Å². The van der Waals surface area contributed by atoms with Gasteiger partial charge in [-0.15, -0.1) is 11.3 Å². The summed E-state index contributed by atoms with van der Waals surface area (Å²) in [5, 5.41) is 6.79. The van der Waals surface area contributed by atoms with Crippen molar-refractivity contribution in [3.8, 4) is 5.75 Å². The van der Waals surface area contributed by atoms with Crippen LogP contribution in [0.3, 0.4) is 0 Å². The molecule has 0 unspecified atom stereocenters. The van der Waals surface area contributed by atoms with E-state index < -0.39 is 0 Å². The highest BCUT2D eigenvalue weighted by Gasteiger charge is 2.09. The van der Waals surface area contributed by atoms with Gasteiger partial charge in [0.25, 0.3) is 5.91 Å². The second kappa shape index (κ2) is 7.55. The van der Waals surface area contributed by atoms with Gasteiger partial charge < -0.3 is 10.1 Å². The van der Waals surface area contributed by atoms with E-state index >= 15 is 0 Å². The lowest BCUT2D eigenvalue weighted by atomic mass is 10.1. The fourth-order valence-corrected chi connectivity index (χ4v) is 3.41. The molecule has 0 radical (unpaired) electrons. The number of nitrogens with zero attached hydrogens (tertiary/aromatic N) is 2. The van der Waals surface area contributed by atoms with E-state index in [9.17, 15) is 4.79 Å². The molecule has 0 atom stereocenters. The normalized spacial score (nSPS) is 10.7. The molecule has 0 saturated heterocycles. The minimum Gasteiger partial charge on any atom is -0.486 e. The number of nitrogens with one attached hydrogen (secondary N) is 1. The zero-order valence-corrected chi connectivity index (χ0v) is 15.5. The predicted molar refractivity (Wildman–Crippen MR) is 107 cm³/mol. The number of benzene rings is 2. The van der Waals surface area contributed by atoms with Crippen molar-refractivity contribution in [3.63, 3.8) is 0 Å². The topological polar surface area (TPSA) is 64.1 Å². The van der Waals surface area contributed by atoms with Crippen LogP contribution in [0.25, 0.3) is 10.9 Å². The number of pyridine rings is 1. The summed E-state index contributed by atoms with van der Waals surface area (Å²) in [7, 11) is 0. The first kappa shape index (κ1) is 17.2. The Labute approximate surface area is 160 Å². The van der Waals surface area contributed by atoms with Crippen molar-refractivity contribution in [2.75, 3.05) is 5.32 Å². The number of carbonyl (C=O) groups is 1. The molecular weight excluding hydrogens is 358 g/mol. The first-order valence-electron chi connectivity index (χ1n) is 8.48. The lowest BCUT2D eigenvalue weighted by Gasteiger charge is -2.09. The third kappa shape index (κ3) is 3.96. The van der Waals surface area contributed by atoms with Crippen LogP contribution in [0.1, 0.15) is 21.1 Å². The van der Waals surface area contributed by atoms with Crippen molar-refractivity contribution >= 4 is 33.8 Å². The third-order valence-electron chi connectivity index (χ3n) is 4.04. The van der Waals surface area contributed by atoms with Crippen molar-refractivity contribution in [1.29, 1.82) is 0 Å². The van der Waals surface area contributed by atoms with Gasteiger partial charge in [0.2, 0.25) is 0 Å². The largest absolute Gasteiger partial charge is 0.486 e. The Bertz CT molecular complexity index is 1080. The van der Waals surface area contributed by atoms with Gasteiger partial charge in [-0.1, -0.05) is 6.07 Å². The molecule has 0 aliphatic carbocycles. The molecule has 0 spiro atoms. The van der Waals surface area contributed by atoms with E-state index in [2.05, 4.69) is 15.3 Å². The van der Waals surface area contributed by atoms with Crippen molar-refractivity contribution in [2.24, 2.45) is 0 Å². The van der Waals surface area contributed by atoms with Crippen LogP contribution < -0.4 is 10.1 Å². The van der Waals surface area contributed by atoms with Gasteiger partial charge in [0.1, 0.15) is 17.4 Å². The first-order chi connectivity index (χ1) is 13.2. The highest BCUT2D eigenvalue weighted by atomic mass is 32.1. The van der Waals surface area contributed by atoms with Crippen molar-refractivity contribution < 1.29 is 9.53 Å². The number of aryl methyl sites for hydroxylation is 1. The molecule has 2 heterocycles. The second-order valence-electron chi connectivity index (χ2n) is 6.03. The maximum Gasteiger partial charge on any atom is 0.255 e. The maximum absolute atomic E-state index is 12.6. The summed E-state index contributed by atoms with van der Waals surface area (Å²) in [6, 6.07) is 16.5. The first-order valence-corrected chi connectivity index (χ1v) is 9.36. The van der Waals surface area contributed by atoms with Gasteiger partial charge in [0, 0.05) is 28.2 Å². The fourth-order valence-electron chi connectivity index (χ4n) is 2.72. The molecule has 0 aliphatic heterocycles. The van der Waals surface area contributed by atoms with E-state index in [1.54, 1.807) is 41.8 Å². The highest BCUT2D eigenvalue weighted by Crippen LogP contribution is 2.22. The quantitative estimate of drug-likeness (QED) is 0.543. The minimum atomic E-state index is -0.173. The van der Waals surface area contributed by atoms with Crippen LogP contribution in [0, 0.1) is 6.92 Å². The van der Waals surface area contributed by atoms with E-state index in [0.29, 0.717) is 17.9 Å². The molecular formula is C21H17N3O2S. The Hall–Kier alpha value is -3.25. The molecule has 1 N–H and O–H groups in total. The van der Waals surface area contributed by atoms with Crippen LogP contribution in [0.4, 0.5) is 5.69 Å². The Morgan fingerprint density at radius 2 is 1.96 bits per heavy atom. The average Bonchev–Trinajstić information content (AvgIpc) is 3.12. The Balaban J connectivity index is 1.44. The number of hydrogen-bond donors (Lipinski definition) is 1. The van der Waals surface area contributed by atoms with Crippen LogP contribution in [0.5, 0.6) is 5.75 Å². The molecule has 2 aromatic heterocycles. The third-order valence-corrected chi connectivity index (χ3v) is 4.98. The molecule has 0 saturated carbocycles. The van der Waals surface area contributed by atoms with Crippen LogP contribution in [0.15, 0.2) is 66.2 Å². The van der Waals surface area contributed by atoms with E-state index in [-0.39, 0.29) is 5.91 Å². The monoisotopic (exact) mass is 375 g/mol. The summed E-state index contributed by atoms with van der Waals surface area (Å²) in [4.78, 5) is 21.2. The zero-order valence-electron chi connectivity index (χ0n) is 14.7. The molecule has 0 fully saturated rings. The van der Waals surface area contributed by atoms with Crippen LogP contribution in [-0.2, 0) is 6.61 Å². The number of thiazole rings is 1. The summed E-state index contributed by atoms with van der Waals surface area (Å²) in [6.45, 7) is 2.38. The van der Waals surface area contributed by atoms with Gasteiger partial charge in [-0.25, -0.2) is 4.98 Å². The molecule has 1 amide bonds. The molecule has 0 aliphatic rings. The number of ether oxygens (including phenoxy) is 1. The van der Waals surface area contributed by atoms with E-state index in [4.69, 9.17) is 4.74 Å². The summed E-state index contributed by atoms with van der Waals surface area (Å²) < 4.78 is 5.72. The smallest absolute Gasteiger partial charge is 0.255 e. The molecule has 134 valence electrons. The number of aromatic nitrogens is 2. The molecule has 4 rings (SSSR count). The van der Waals surface area contributed by atoms with Gasteiger partial charge in [-0.05, 0) is 55.5 Å². The van der Waals surface area contributed by atoms with E-state index in [1.165, 1.54) is 0 Å². The Kier molecular flexibility index (Phi) is 4.80. The van der Waals surface area contributed by atoms with Crippen molar-refractivity contribution in [2.45, 2.75) is 13.5 Å². The van der Waals surface area contributed by atoms with Crippen molar-refractivity contribution in [1.82, 2.24) is 9.97 Å². The lowest BCUT2D eigenvalue weighted by Crippen LogP contribution is -2.12. The predicted octanol–water partition coefficient (Wildman–Crippen LogP) is 4.83. The molecule has 4 aromatic rings. The van der Waals surface area contributed by atoms with Gasteiger partial charge >= 0.3 is 0 Å². The standard InChI is InChI=1S/C21H17N3O2S/c1-14-13-27-20(23-14)12-26-16-9-7-15(8-10-16)21(25)24-19-6-2-5-18-17(19)4-3-11-22-18/h2-11,13H,12H2,1H3,(H,24,25). The number of rotatable bonds is 5. The fraction of sp³-hybridized carbons (Fsp3) is 0.0952. The summed E-state index contributed by atoms with van der Waals surface area (Å²) >= 11 is 1.57. The summed E-state index contributed by atoms with van der Waals surface area (Å²) in [5.74, 6) is 0.530. The van der Waals surface area contributed by atoms with Gasteiger partial charge in [-0.3, -0.25) is 9.78 Å². The number of amides is 1. The maximum atomic E-state index is 12.6. The lowest BCUT2D eigenvalue weighted by molar-refractivity contribution is 0.102. The summed E-state index contributed by atoms with van der Waals surface area (Å²) in [6.07, 6.45) is 1.74. The molecule has 27 heavy (non-hydrogen) atoms. The van der Waals surface area contributed by atoms with Gasteiger partial charge in [0.05, 0.1) is 11.2 Å². The highest BCUT2D eigenvalue weighted by molar-refractivity contribution is 7.09. The Morgan fingerprint density at radius 1 is 1.11 bits per heavy atom. The van der Waals surface area contributed by atoms with Crippen LogP contribution >= 0.6 is 11.3 Å². The van der Waals surface area contributed by atoms with Gasteiger partial charge in [-0.2, -0.15) is 0 Å². The van der Waals surface area contributed by atoms with Gasteiger partial charge in [0.15, 0.2) is 0 Å². The second-order valence-corrected chi connectivity index (χ2v) is 6.97. The molecule has 0 bridgehead atoms. The average molecular weight is 375 g/mol. The summed E-state index contributed by atoms with van der Waals surface area (Å²) in [5.41, 5.74) is 3.14. The molecule has 5 nitrogen and oxygen atoms in total. The Morgan fingerprint density at radius 3 is 2.74 bits per heavy atom. The number of anilines is 1. The van der Waals surface area contributed by atoms with E-state index in [0.717, 1.165) is 27.3 Å². The number of hydrogen-bond acceptors (Lipinski definition) is 5. The molecule has 2 aromatic carbocycles. The SMILES string of the molecule is Cc1csc(COc2ccc(C(=O)Nc3cccc4ncccc34)cc2)n1. The number of carbonyl (C=O) groups excluding carboxylic acids is 1. The van der Waals surface area contributed by atoms with Crippen LogP contribution in [-0.4, -0.2) is 15.9 Å². The minimum absolute atomic E-state index is 0.173. The number of fused-ring (bicyclic) bond motifs is 1. The zero-order chi connectivity index (χ0) is 18.6. The van der Waals surface area contributed by atoms with Crippen LogP contribution in [0.2, 0.25) is 0 Å².